The van der Waals surface area contributed by atoms with Gasteiger partial charge in [0.2, 0.25) is 10.0 Å². The van der Waals surface area contributed by atoms with Gasteiger partial charge in [0.25, 0.3) is 0 Å². The summed E-state index contributed by atoms with van der Waals surface area (Å²) in [5.41, 5.74) is 4.45. The molecule has 5 rings (SSSR count). The van der Waals surface area contributed by atoms with Gasteiger partial charge in [0.1, 0.15) is 0 Å². The fraction of sp³-hybridized carbons (Fsp3) is 0.500. The fourth-order valence-electron chi connectivity index (χ4n) is 5.26. The van der Waals surface area contributed by atoms with E-state index in [9.17, 15) is 8.42 Å². The van der Waals surface area contributed by atoms with E-state index in [1.54, 1.807) is 28.2 Å². The lowest BCUT2D eigenvalue weighted by atomic mass is 10.0. The SMILES string of the molecule is Cc1ccccc1CSc1nc2cc(S(=O)(=O)N3CCC[C@H](C)C3)ccc2n1C1CCCC1. The van der Waals surface area contributed by atoms with Crippen LogP contribution >= 0.6 is 11.8 Å². The Morgan fingerprint density at radius 2 is 1.85 bits per heavy atom. The van der Waals surface area contributed by atoms with Gasteiger partial charge in [-0.1, -0.05) is 55.8 Å². The summed E-state index contributed by atoms with van der Waals surface area (Å²) in [7, 11) is -3.49. The number of hydrogen-bond donors (Lipinski definition) is 0. The normalized spacial score (nSPS) is 20.6. The highest BCUT2D eigenvalue weighted by molar-refractivity contribution is 7.98. The summed E-state index contributed by atoms with van der Waals surface area (Å²) in [5, 5.41) is 1.00. The molecule has 0 unspecified atom stereocenters. The fourth-order valence-corrected chi connectivity index (χ4v) is 8.04. The molecule has 2 heterocycles. The largest absolute Gasteiger partial charge is 0.316 e. The summed E-state index contributed by atoms with van der Waals surface area (Å²) in [4.78, 5) is 5.35. The van der Waals surface area contributed by atoms with Gasteiger partial charge in [0.05, 0.1) is 15.9 Å². The van der Waals surface area contributed by atoms with Crippen LogP contribution in [0.2, 0.25) is 0 Å². The number of fused-ring (bicyclic) bond motifs is 1. The molecular formula is C26H33N3O2S2. The molecule has 33 heavy (non-hydrogen) atoms. The second kappa shape index (κ2) is 9.43. The Morgan fingerprint density at radius 3 is 2.61 bits per heavy atom. The molecule has 3 aromatic rings. The number of sulfonamides is 1. The number of benzene rings is 2. The molecule has 1 saturated heterocycles. The summed E-state index contributed by atoms with van der Waals surface area (Å²) in [6.07, 6.45) is 6.83. The van der Waals surface area contributed by atoms with Gasteiger partial charge < -0.3 is 4.57 Å². The van der Waals surface area contributed by atoms with Gasteiger partial charge in [-0.15, -0.1) is 0 Å². The Kier molecular flexibility index (Phi) is 6.56. The third-order valence-corrected chi connectivity index (χ3v) is 10.1. The van der Waals surface area contributed by atoms with Crippen molar-refractivity contribution in [3.63, 3.8) is 0 Å². The minimum absolute atomic E-state index is 0.371. The molecule has 0 radical (unpaired) electrons. The van der Waals surface area contributed by atoms with Crippen molar-refractivity contribution in [3.8, 4) is 0 Å². The molecule has 0 N–H and O–H groups in total. The average Bonchev–Trinajstić information content (AvgIpc) is 3.45. The lowest BCUT2D eigenvalue weighted by Crippen LogP contribution is -2.39. The standard InChI is InChI=1S/C26H33N3O2S2/c1-19-8-7-15-28(17-19)33(30,31)23-13-14-25-24(16-23)27-26(29(25)22-11-5-6-12-22)32-18-21-10-4-3-9-20(21)2/h3-4,9-10,13-14,16,19,22H,5-8,11-12,15,17-18H2,1-2H3/t19-/m0/s1. The summed E-state index contributed by atoms with van der Waals surface area (Å²) in [5.74, 6) is 1.27. The van der Waals surface area contributed by atoms with Crippen LogP contribution in [0.1, 0.15) is 62.6 Å². The Morgan fingerprint density at radius 1 is 1.06 bits per heavy atom. The lowest BCUT2D eigenvalue weighted by Gasteiger charge is -2.30. The van der Waals surface area contributed by atoms with Crippen LogP contribution in [0.5, 0.6) is 0 Å². The van der Waals surface area contributed by atoms with Gasteiger partial charge in [-0.25, -0.2) is 13.4 Å². The molecule has 1 saturated carbocycles. The molecule has 2 aliphatic rings. The second-order valence-electron chi connectivity index (χ2n) is 9.68. The van der Waals surface area contributed by atoms with Gasteiger partial charge >= 0.3 is 0 Å². The van der Waals surface area contributed by atoms with Crippen molar-refractivity contribution < 1.29 is 8.42 Å². The lowest BCUT2D eigenvalue weighted by molar-refractivity contribution is 0.281. The van der Waals surface area contributed by atoms with E-state index in [0.717, 1.165) is 47.6 Å². The maximum Gasteiger partial charge on any atom is 0.243 e. The number of hydrogen-bond acceptors (Lipinski definition) is 4. The monoisotopic (exact) mass is 483 g/mol. The highest BCUT2D eigenvalue weighted by Gasteiger charge is 2.30. The number of nitrogens with zero attached hydrogens (tertiary/aromatic N) is 3. The van der Waals surface area contributed by atoms with E-state index in [-0.39, 0.29) is 0 Å². The number of aromatic nitrogens is 2. The van der Waals surface area contributed by atoms with Crippen LogP contribution in [0.25, 0.3) is 11.0 Å². The van der Waals surface area contributed by atoms with E-state index >= 15 is 0 Å². The molecule has 2 fully saturated rings. The molecule has 2 aromatic carbocycles. The number of imidazole rings is 1. The van der Waals surface area contributed by atoms with Crippen molar-refractivity contribution in [2.45, 2.75) is 74.2 Å². The second-order valence-corrected chi connectivity index (χ2v) is 12.6. The van der Waals surface area contributed by atoms with Gasteiger partial charge in [-0.05, 0) is 67.9 Å². The van der Waals surface area contributed by atoms with E-state index in [1.807, 2.05) is 6.07 Å². The van der Waals surface area contributed by atoms with E-state index in [0.29, 0.717) is 29.9 Å². The first kappa shape index (κ1) is 22.9. The third kappa shape index (κ3) is 4.60. The first-order chi connectivity index (χ1) is 15.9. The van der Waals surface area contributed by atoms with Crippen LogP contribution < -0.4 is 0 Å². The molecule has 1 aliphatic heterocycles. The van der Waals surface area contributed by atoms with E-state index in [2.05, 4.69) is 42.7 Å². The van der Waals surface area contributed by atoms with Gasteiger partial charge in [-0.3, -0.25) is 0 Å². The summed E-state index contributed by atoms with van der Waals surface area (Å²) in [6.45, 7) is 5.49. The van der Waals surface area contributed by atoms with E-state index in [1.165, 1.54) is 24.0 Å². The topological polar surface area (TPSA) is 55.2 Å². The Balaban J connectivity index is 1.50. The van der Waals surface area contributed by atoms with Crippen LogP contribution in [-0.2, 0) is 15.8 Å². The predicted molar refractivity (Wildman–Crippen MR) is 135 cm³/mol. The zero-order valence-electron chi connectivity index (χ0n) is 19.5. The van der Waals surface area contributed by atoms with E-state index < -0.39 is 10.0 Å². The van der Waals surface area contributed by atoms with Crippen molar-refractivity contribution in [2.24, 2.45) is 5.92 Å². The molecule has 5 nitrogen and oxygen atoms in total. The maximum atomic E-state index is 13.4. The Labute approximate surface area is 201 Å². The zero-order valence-corrected chi connectivity index (χ0v) is 21.2. The first-order valence-electron chi connectivity index (χ1n) is 12.1. The first-order valence-corrected chi connectivity index (χ1v) is 14.6. The van der Waals surface area contributed by atoms with Crippen molar-refractivity contribution in [3.05, 3.63) is 53.6 Å². The molecule has 1 atom stereocenters. The van der Waals surface area contributed by atoms with Crippen molar-refractivity contribution in [2.75, 3.05) is 13.1 Å². The predicted octanol–water partition coefficient (Wildman–Crippen LogP) is 6.17. The Hall–Kier alpha value is -1.83. The minimum atomic E-state index is -3.49. The van der Waals surface area contributed by atoms with Crippen molar-refractivity contribution in [1.29, 1.82) is 0 Å². The van der Waals surface area contributed by atoms with Gasteiger partial charge in [-0.2, -0.15) is 4.31 Å². The van der Waals surface area contributed by atoms with Crippen LogP contribution in [0.3, 0.4) is 0 Å². The summed E-state index contributed by atoms with van der Waals surface area (Å²) in [6, 6.07) is 14.5. The molecule has 1 aromatic heterocycles. The van der Waals surface area contributed by atoms with Crippen molar-refractivity contribution in [1.82, 2.24) is 13.9 Å². The van der Waals surface area contributed by atoms with Crippen LogP contribution in [0.15, 0.2) is 52.5 Å². The van der Waals surface area contributed by atoms with Gasteiger partial charge in [0.15, 0.2) is 5.16 Å². The molecule has 0 spiro atoms. The number of thioether (sulfide) groups is 1. The molecule has 7 heteroatoms. The van der Waals surface area contributed by atoms with Gasteiger partial charge in [0, 0.05) is 24.9 Å². The van der Waals surface area contributed by atoms with Crippen molar-refractivity contribution >= 4 is 32.8 Å². The van der Waals surface area contributed by atoms with E-state index in [4.69, 9.17) is 4.98 Å². The molecule has 1 aliphatic carbocycles. The number of rotatable bonds is 6. The van der Waals surface area contributed by atoms with Crippen LogP contribution in [-0.4, -0.2) is 35.4 Å². The molecular weight excluding hydrogens is 450 g/mol. The zero-order chi connectivity index (χ0) is 23.0. The molecule has 0 amide bonds. The highest BCUT2D eigenvalue weighted by atomic mass is 32.2. The molecule has 176 valence electrons. The number of aryl methyl sites for hydroxylation is 1. The number of piperidine rings is 1. The summed E-state index contributed by atoms with van der Waals surface area (Å²) < 4.78 is 30.8. The summed E-state index contributed by atoms with van der Waals surface area (Å²) >= 11 is 1.76. The third-order valence-electron chi connectivity index (χ3n) is 7.19. The van der Waals surface area contributed by atoms with Crippen LogP contribution in [0.4, 0.5) is 0 Å². The highest BCUT2D eigenvalue weighted by Crippen LogP contribution is 2.38. The van der Waals surface area contributed by atoms with Crippen LogP contribution in [0, 0.1) is 12.8 Å². The quantitative estimate of drug-likeness (QED) is 0.393. The average molecular weight is 484 g/mol. The molecule has 0 bridgehead atoms. The minimum Gasteiger partial charge on any atom is -0.316 e. The Bertz CT molecular complexity index is 1250. The maximum absolute atomic E-state index is 13.4. The smallest absolute Gasteiger partial charge is 0.243 e.